The van der Waals surface area contributed by atoms with Crippen molar-refractivity contribution in [3.05, 3.63) is 89.3 Å². The average molecular weight is 411 g/mol. The first-order valence-electron chi connectivity index (χ1n) is 9.31. The number of benzene rings is 3. The lowest BCUT2D eigenvalue weighted by molar-refractivity contribution is -0.298. The number of para-hydroxylation sites is 3. The third kappa shape index (κ3) is 3.38. The molecule has 0 unspecified atom stereocenters. The van der Waals surface area contributed by atoms with Gasteiger partial charge in [0.2, 0.25) is 0 Å². The van der Waals surface area contributed by atoms with E-state index in [4.69, 9.17) is 4.42 Å². The maximum atomic E-state index is 11.9. The Bertz CT molecular complexity index is 1370. The summed E-state index contributed by atoms with van der Waals surface area (Å²) < 4.78 is 5.68. The first-order valence-corrected chi connectivity index (χ1v) is 10.1. The average Bonchev–Trinajstić information content (AvgIpc) is 3.35. The number of carboxylic acid groups (broad SMARTS) is 1. The van der Waals surface area contributed by atoms with Gasteiger partial charge < -0.3 is 19.3 Å². The van der Waals surface area contributed by atoms with Gasteiger partial charge in [0.25, 0.3) is 5.22 Å². The van der Waals surface area contributed by atoms with Gasteiger partial charge >= 0.3 is 0 Å². The fourth-order valence-electron chi connectivity index (χ4n) is 3.40. The number of carboxylic acids is 1. The van der Waals surface area contributed by atoms with Gasteiger partial charge in [0.05, 0.1) is 11.7 Å². The molecule has 5 aromatic rings. The summed E-state index contributed by atoms with van der Waals surface area (Å²) in [6, 6.07) is 24.9. The Morgan fingerprint density at radius 3 is 2.50 bits per heavy atom. The zero-order valence-electron chi connectivity index (χ0n) is 15.7. The third-order valence-corrected chi connectivity index (χ3v) is 5.61. The molecule has 30 heavy (non-hydrogen) atoms. The molecular weight excluding hydrogens is 396 g/mol. The highest BCUT2D eigenvalue weighted by Crippen LogP contribution is 2.36. The minimum atomic E-state index is -1.29. The topological polar surface area (TPSA) is 82.0 Å². The molecule has 6 heteroatoms. The summed E-state index contributed by atoms with van der Waals surface area (Å²) in [5.41, 5.74) is 4.79. The van der Waals surface area contributed by atoms with Crippen molar-refractivity contribution in [2.24, 2.45) is 0 Å². The molecule has 2 aromatic heterocycles. The molecule has 1 N–H and O–H groups in total. The number of hydrogen-bond donors (Lipinski definition) is 1. The molecule has 0 aliphatic carbocycles. The highest BCUT2D eigenvalue weighted by atomic mass is 32.2. The summed E-state index contributed by atoms with van der Waals surface area (Å²) in [5.74, 6) is -1.29. The predicted octanol–water partition coefficient (Wildman–Crippen LogP) is 4.86. The van der Waals surface area contributed by atoms with E-state index in [1.165, 1.54) is 0 Å². The molecule has 0 aliphatic rings. The number of carbonyl (C=O) groups is 1. The lowest BCUT2D eigenvalue weighted by Gasteiger charge is -2.07. The zero-order chi connectivity index (χ0) is 20.5. The number of thioether (sulfide) groups is 1. The maximum Gasteiger partial charge on any atom is 0.261 e. The quantitative estimate of drug-likeness (QED) is 0.330. The number of hydrogen-bond acceptors (Lipinski definition) is 5. The van der Waals surface area contributed by atoms with Gasteiger partial charge in [-0.3, -0.25) is 0 Å². The number of carbonyl (C=O) groups excluding carboxylic acids is 1. The molecule has 0 bridgehead atoms. The number of nitrogens with zero attached hydrogens (tertiary/aromatic N) is 1. The summed E-state index contributed by atoms with van der Waals surface area (Å²) >= 11 is 0.941. The smallest absolute Gasteiger partial charge is 0.261 e. The molecule has 0 radical (unpaired) electrons. The van der Waals surface area contributed by atoms with Crippen LogP contribution in [0.3, 0.4) is 0 Å². The van der Waals surface area contributed by atoms with Crippen LogP contribution in [0, 0.1) is 0 Å². The zero-order valence-corrected chi connectivity index (χ0v) is 16.5. The van der Waals surface area contributed by atoms with Crippen LogP contribution in [0.25, 0.3) is 39.3 Å². The van der Waals surface area contributed by atoms with Gasteiger partial charge in [0.15, 0.2) is 5.58 Å². The fourth-order valence-corrected chi connectivity index (χ4v) is 4.12. The summed E-state index contributed by atoms with van der Waals surface area (Å²) in [6.45, 7) is 0. The van der Waals surface area contributed by atoms with E-state index in [9.17, 15) is 9.90 Å². The molecule has 3 aromatic carbocycles. The fraction of sp³-hybridized carbons (Fsp3) is 0. The van der Waals surface area contributed by atoms with E-state index in [1.54, 1.807) is 12.1 Å². The largest absolute Gasteiger partial charge is 0.544 e. The minimum Gasteiger partial charge on any atom is -0.544 e. The molecule has 0 aliphatic heterocycles. The Morgan fingerprint density at radius 2 is 1.70 bits per heavy atom. The second kappa shape index (κ2) is 7.57. The molecule has 0 saturated carbocycles. The van der Waals surface area contributed by atoms with E-state index in [1.807, 2.05) is 72.8 Å². The number of rotatable bonds is 5. The number of oxazole rings is 1. The Balaban J connectivity index is 1.64. The van der Waals surface area contributed by atoms with Gasteiger partial charge in [-0.25, -0.2) is 4.98 Å². The van der Waals surface area contributed by atoms with Crippen molar-refractivity contribution in [2.45, 2.75) is 5.22 Å². The van der Waals surface area contributed by atoms with E-state index < -0.39 is 5.97 Å². The van der Waals surface area contributed by atoms with Gasteiger partial charge in [0, 0.05) is 21.4 Å². The van der Waals surface area contributed by atoms with Gasteiger partial charge in [-0.1, -0.05) is 60.7 Å². The second-order valence-corrected chi connectivity index (χ2v) is 7.66. The summed E-state index contributed by atoms with van der Waals surface area (Å²) in [4.78, 5) is 19.7. The van der Waals surface area contributed by atoms with Crippen molar-refractivity contribution >= 4 is 45.8 Å². The molecule has 2 heterocycles. The van der Waals surface area contributed by atoms with Crippen molar-refractivity contribution in [3.63, 3.8) is 0 Å². The summed E-state index contributed by atoms with van der Waals surface area (Å²) in [5, 5.41) is 13.1. The van der Waals surface area contributed by atoms with Crippen LogP contribution in [-0.4, -0.2) is 15.9 Å². The van der Waals surface area contributed by atoms with E-state index in [0.29, 0.717) is 11.1 Å². The van der Waals surface area contributed by atoms with Crippen LogP contribution in [-0.2, 0) is 4.79 Å². The third-order valence-electron chi connectivity index (χ3n) is 4.76. The molecular formula is C24H15N2O3S-. The standard InChI is InChI=1S/C24H16N2O3S/c27-23(28)21(30-24-26-19-12-6-7-13-20(19)29-24)14-17-16-10-4-5-11-18(16)25-22(17)15-8-2-1-3-9-15/h1-14,25H,(H,27,28)/p-1/b21-14-. The number of aromatic amines is 1. The number of H-pyrrole nitrogens is 1. The normalized spacial score (nSPS) is 11.9. The van der Waals surface area contributed by atoms with E-state index in [-0.39, 0.29) is 10.1 Å². The number of nitrogens with one attached hydrogen (secondary N) is 1. The first kappa shape index (κ1) is 18.3. The Labute approximate surface area is 176 Å². The number of aromatic nitrogens is 2. The molecule has 0 saturated heterocycles. The Hall–Kier alpha value is -3.77. The van der Waals surface area contributed by atoms with Crippen molar-refractivity contribution in [3.8, 4) is 11.3 Å². The first-order chi connectivity index (χ1) is 14.7. The van der Waals surface area contributed by atoms with Gasteiger partial charge in [-0.15, -0.1) is 0 Å². The number of aliphatic carboxylic acids is 1. The predicted molar refractivity (Wildman–Crippen MR) is 117 cm³/mol. The molecule has 146 valence electrons. The van der Waals surface area contributed by atoms with Crippen molar-refractivity contribution in [2.75, 3.05) is 0 Å². The van der Waals surface area contributed by atoms with Crippen LogP contribution in [0.4, 0.5) is 0 Å². The van der Waals surface area contributed by atoms with Crippen LogP contribution < -0.4 is 5.11 Å². The van der Waals surface area contributed by atoms with Crippen LogP contribution in [0.1, 0.15) is 5.56 Å². The van der Waals surface area contributed by atoms with Crippen LogP contribution in [0.15, 0.2) is 93.4 Å². The van der Waals surface area contributed by atoms with Crippen LogP contribution in [0.2, 0.25) is 0 Å². The minimum absolute atomic E-state index is 0.0171. The Morgan fingerprint density at radius 1 is 0.967 bits per heavy atom. The molecule has 0 atom stereocenters. The van der Waals surface area contributed by atoms with Crippen molar-refractivity contribution < 1.29 is 14.3 Å². The molecule has 0 spiro atoms. The van der Waals surface area contributed by atoms with Crippen LogP contribution >= 0.6 is 11.8 Å². The maximum absolute atomic E-state index is 11.9. The van der Waals surface area contributed by atoms with Gasteiger partial charge in [0.1, 0.15) is 5.52 Å². The second-order valence-electron chi connectivity index (χ2n) is 6.67. The highest BCUT2D eigenvalue weighted by molar-refractivity contribution is 8.03. The monoisotopic (exact) mass is 411 g/mol. The van der Waals surface area contributed by atoms with Crippen molar-refractivity contribution in [1.29, 1.82) is 0 Å². The van der Waals surface area contributed by atoms with Gasteiger partial charge in [-0.05, 0) is 41.6 Å². The van der Waals surface area contributed by atoms with E-state index in [2.05, 4.69) is 9.97 Å². The summed E-state index contributed by atoms with van der Waals surface area (Å²) in [7, 11) is 0. The lowest BCUT2D eigenvalue weighted by atomic mass is 10.0. The van der Waals surface area contributed by atoms with Crippen LogP contribution in [0.5, 0.6) is 0 Å². The molecule has 5 rings (SSSR count). The highest BCUT2D eigenvalue weighted by Gasteiger charge is 2.15. The van der Waals surface area contributed by atoms with E-state index >= 15 is 0 Å². The number of fused-ring (bicyclic) bond motifs is 2. The molecule has 5 nitrogen and oxygen atoms in total. The lowest BCUT2D eigenvalue weighted by Crippen LogP contribution is -2.23. The SMILES string of the molecule is O=C([O-])/C(=C/c1c(-c2ccccc2)[nH]c2ccccc12)Sc1nc2ccccc2o1. The van der Waals surface area contributed by atoms with Gasteiger partial charge in [-0.2, -0.15) is 0 Å². The van der Waals surface area contributed by atoms with Crippen molar-refractivity contribution in [1.82, 2.24) is 9.97 Å². The molecule has 0 amide bonds. The van der Waals surface area contributed by atoms with E-state index in [0.717, 1.165) is 39.5 Å². The Kier molecular flexibility index (Phi) is 4.61. The summed E-state index contributed by atoms with van der Waals surface area (Å²) in [6.07, 6.45) is 1.62. The molecule has 0 fully saturated rings.